The highest BCUT2D eigenvalue weighted by molar-refractivity contribution is 9.10. The molecule has 5 aromatic rings. The number of carboxylic acids is 1. The third-order valence-electron chi connectivity index (χ3n) is 10.7. The number of hydrogen-bond acceptors (Lipinski definition) is 10. The molecule has 0 unspecified atom stereocenters. The summed E-state index contributed by atoms with van der Waals surface area (Å²) in [6, 6.07) is 27.5. The van der Waals surface area contributed by atoms with Gasteiger partial charge in [-0.1, -0.05) is 107 Å². The zero-order valence-electron chi connectivity index (χ0n) is 36.2. The summed E-state index contributed by atoms with van der Waals surface area (Å²) in [4.78, 5) is 110. The number of hydrogen-bond donors (Lipinski definition) is 7. The fraction of sp³-hybridized carbons (Fsp3) is 0.265. The number of carbonyl (C=O) groups is 8. The standard InChI is InChI=1S/C49H49BrN6O10S/c1-29(57)66-42-28-43(58)52-40(27-36-13-8-22-67-36)47(62)55-38(24-32-14-18-34(50)19-15-32)45(60)53-37(23-30-9-4-2-5-10-30)44(59)54-39(25-33-16-20-35(21-17-33)51-48(42)63)46(61)56-41(49(64)65)26-31-11-6-3-7-12-31/h2-22,37-42H,23-28H2,1H3,(H,51,63)(H,52,58)(H,53,60)(H,54,59)(H,55,62)(H,56,61)(H,64,65)/t37-,38+,39-,40-,41+,42-/m1/s1. The van der Waals surface area contributed by atoms with Gasteiger partial charge in [-0.15, -0.1) is 11.3 Å². The Morgan fingerprint density at radius 3 is 1.81 bits per heavy atom. The highest BCUT2D eigenvalue weighted by Crippen LogP contribution is 2.18. The molecule has 348 valence electrons. The molecule has 7 rings (SSSR count). The molecule has 6 atom stereocenters. The lowest BCUT2D eigenvalue weighted by molar-refractivity contribution is -0.153. The molecule has 2 aliphatic rings. The number of anilines is 1. The van der Waals surface area contributed by atoms with E-state index < -0.39 is 90.1 Å². The summed E-state index contributed by atoms with van der Waals surface area (Å²) in [5.41, 5.74) is 2.65. The number of thiophene rings is 1. The molecule has 18 heteroatoms. The quantitative estimate of drug-likeness (QED) is 0.0705. The number of fused-ring (bicyclic) bond motifs is 18. The molecule has 7 N–H and O–H groups in total. The van der Waals surface area contributed by atoms with Gasteiger partial charge in [-0.05, 0) is 58.0 Å². The van der Waals surface area contributed by atoms with Gasteiger partial charge in [0.2, 0.25) is 29.5 Å². The summed E-state index contributed by atoms with van der Waals surface area (Å²) >= 11 is 4.75. The van der Waals surface area contributed by atoms with Crippen LogP contribution >= 0.6 is 27.3 Å². The molecule has 6 amide bonds. The van der Waals surface area contributed by atoms with Gasteiger partial charge in [0, 0.05) is 54.1 Å². The first kappa shape index (κ1) is 49.3. The Morgan fingerprint density at radius 2 is 1.24 bits per heavy atom. The summed E-state index contributed by atoms with van der Waals surface area (Å²) in [5.74, 6) is -6.92. The monoisotopic (exact) mass is 992 g/mol. The number of aliphatic carboxylic acids is 1. The number of halogens is 1. The van der Waals surface area contributed by atoms with Crippen molar-refractivity contribution in [2.75, 3.05) is 5.32 Å². The minimum Gasteiger partial charge on any atom is -0.480 e. The number of nitrogens with one attached hydrogen (secondary N) is 6. The van der Waals surface area contributed by atoms with E-state index in [2.05, 4.69) is 47.8 Å². The van der Waals surface area contributed by atoms with Crippen molar-refractivity contribution in [3.8, 4) is 0 Å². The van der Waals surface area contributed by atoms with Gasteiger partial charge in [0.25, 0.3) is 5.91 Å². The van der Waals surface area contributed by atoms with Gasteiger partial charge in [0.15, 0.2) is 6.10 Å². The van der Waals surface area contributed by atoms with E-state index in [4.69, 9.17) is 4.74 Å². The second kappa shape index (κ2) is 23.8. The van der Waals surface area contributed by atoms with Crippen molar-refractivity contribution < 1.29 is 48.2 Å². The third kappa shape index (κ3) is 15.2. The van der Waals surface area contributed by atoms with Crippen molar-refractivity contribution in [1.82, 2.24) is 26.6 Å². The molecule has 3 heterocycles. The third-order valence-corrected chi connectivity index (χ3v) is 12.1. The molecule has 0 spiro atoms. The molecule has 4 aromatic carbocycles. The predicted molar refractivity (Wildman–Crippen MR) is 252 cm³/mol. The molecule has 0 radical (unpaired) electrons. The van der Waals surface area contributed by atoms with E-state index in [0.717, 1.165) is 11.4 Å². The van der Waals surface area contributed by atoms with E-state index >= 15 is 0 Å². The van der Waals surface area contributed by atoms with Gasteiger partial charge in [-0.25, -0.2) is 4.79 Å². The van der Waals surface area contributed by atoms with Crippen molar-refractivity contribution in [2.45, 2.75) is 81.8 Å². The fourth-order valence-electron chi connectivity index (χ4n) is 7.30. The molecule has 0 saturated heterocycles. The minimum absolute atomic E-state index is 0.00475. The van der Waals surface area contributed by atoms with Crippen molar-refractivity contribution in [2.24, 2.45) is 0 Å². The lowest BCUT2D eigenvalue weighted by Gasteiger charge is -2.27. The van der Waals surface area contributed by atoms with Crippen molar-refractivity contribution in [1.29, 1.82) is 0 Å². The van der Waals surface area contributed by atoms with Crippen LogP contribution in [0.4, 0.5) is 5.69 Å². The smallest absolute Gasteiger partial charge is 0.326 e. The topological polar surface area (TPSA) is 238 Å². The maximum atomic E-state index is 14.6. The number of rotatable bonds is 12. The van der Waals surface area contributed by atoms with Crippen LogP contribution < -0.4 is 31.9 Å². The number of carboxylic acid groups (broad SMARTS) is 1. The van der Waals surface area contributed by atoms with Gasteiger partial charge in [-0.3, -0.25) is 33.6 Å². The molecule has 16 nitrogen and oxygen atoms in total. The maximum Gasteiger partial charge on any atom is 0.326 e. The molecule has 2 bridgehead atoms. The summed E-state index contributed by atoms with van der Waals surface area (Å²) in [6.45, 7) is 1.08. The highest BCUT2D eigenvalue weighted by Gasteiger charge is 2.34. The summed E-state index contributed by atoms with van der Waals surface area (Å²) in [6.07, 6.45) is -2.61. The van der Waals surface area contributed by atoms with Crippen molar-refractivity contribution in [3.05, 3.63) is 158 Å². The SMILES string of the molecule is CC(=O)O[C@@H]1CC(=O)N[C@H](Cc2cccs2)C(=O)N[C@@H](Cc2ccc(Br)cc2)C(=O)N[C@H](Cc2ccccc2)C(=O)N[C@@H](C(=O)N[C@@H](Cc2ccccc2)C(=O)O)Cc2ccc(cc2)NC1=O. The van der Waals surface area contributed by atoms with Gasteiger partial charge in [-0.2, -0.15) is 0 Å². The van der Waals surface area contributed by atoms with Crippen LogP contribution in [0.2, 0.25) is 0 Å². The molecule has 0 saturated carbocycles. The Hall–Kier alpha value is -7.18. The molecule has 1 aromatic heterocycles. The number of esters is 1. The summed E-state index contributed by atoms with van der Waals surface area (Å²) in [5, 5.41) is 28.2. The number of carbonyl (C=O) groups excluding carboxylic acids is 7. The molecule has 2 aliphatic heterocycles. The molecular formula is C49H49BrN6O10S. The zero-order chi connectivity index (χ0) is 47.9. The van der Waals surface area contributed by atoms with E-state index in [9.17, 15) is 43.5 Å². The molecular weight excluding hydrogens is 945 g/mol. The van der Waals surface area contributed by atoms with E-state index in [1.807, 2.05) is 0 Å². The van der Waals surface area contributed by atoms with Crippen LogP contribution in [0.1, 0.15) is 40.5 Å². The fourth-order valence-corrected chi connectivity index (χ4v) is 8.32. The van der Waals surface area contributed by atoms with E-state index in [1.54, 1.807) is 115 Å². The maximum absolute atomic E-state index is 14.6. The van der Waals surface area contributed by atoms with E-state index in [1.165, 1.54) is 23.5 Å². The largest absolute Gasteiger partial charge is 0.480 e. The Bertz CT molecular complexity index is 2530. The van der Waals surface area contributed by atoms with Crippen LogP contribution in [-0.2, 0) is 75.2 Å². The average Bonchev–Trinajstić information content (AvgIpc) is 3.82. The average molecular weight is 994 g/mol. The summed E-state index contributed by atoms with van der Waals surface area (Å²) < 4.78 is 6.03. The Morgan fingerprint density at radius 1 is 0.672 bits per heavy atom. The second-order valence-electron chi connectivity index (χ2n) is 15.9. The number of ether oxygens (including phenoxy) is 1. The Labute approximate surface area is 398 Å². The highest BCUT2D eigenvalue weighted by atomic mass is 79.9. The van der Waals surface area contributed by atoms with Crippen LogP contribution in [-0.4, -0.2) is 88.8 Å². The lowest BCUT2D eigenvalue weighted by Crippen LogP contribution is -2.60. The van der Waals surface area contributed by atoms with E-state index in [0.29, 0.717) is 27.1 Å². The summed E-state index contributed by atoms with van der Waals surface area (Å²) in [7, 11) is 0. The van der Waals surface area contributed by atoms with Crippen LogP contribution in [0.25, 0.3) is 0 Å². The zero-order valence-corrected chi connectivity index (χ0v) is 38.6. The van der Waals surface area contributed by atoms with Crippen LogP contribution in [0, 0.1) is 0 Å². The molecule has 0 fully saturated rings. The van der Waals surface area contributed by atoms with Gasteiger partial charge < -0.3 is 41.7 Å². The predicted octanol–water partition coefficient (Wildman–Crippen LogP) is 3.81. The molecule has 67 heavy (non-hydrogen) atoms. The van der Waals surface area contributed by atoms with Crippen molar-refractivity contribution >= 4 is 80.3 Å². The van der Waals surface area contributed by atoms with Crippen molar-refractivity contribution in [3.63, 3.8) is 0 Å². The lowest BCUT2D eigenvalue weighted by atomic mass is 10.00. The first-order valence-corrected chi connectivity index (χ1v) is 23.0. The van der Waals surface area contributed by atoms with Gasteiger partial charge >= 0.3 is 11.9 Å². The van der Waals surface area contributed by atoms with Crippen LogP contribution in [0.5, 0.6) is 0 Å². The van der Waals surface area contributed by atoms with Crippen LogP contribution in [0.15, 0.2) is 131 Å². The molecule has 0 aliphatic carbocycles. The second-order valence-corrected chi connectivity index (χ2v) is 17.8. The first-order valence-electron chi connectivity index (χ1n) is 21.3. The number of amides is 6. The first-order chi connectivity index (χ1) is 32.2. The Balaban J connectivity index is 1.39. The van der Waals surface area contributed by atoms with Crippen LogP contribution in [0.3, 0.4) is 0 Å². The van der Waals surface area contributed by atoms with Gasteiger partial charge in [0.1, 0.15) is 30.2 Å². The normalized spacial score (nSPS) is 20.1. The van der Waals surface area contributed by atoms with Gasteiger partial charge in [0.05, 0.1) is 6.42 Å². The minimum atomic E-state index is -1.62. The van der Waals surface area contributed by atoms with E-state index in [-0.39, 0.29) is 37.8 Å². The Kier molecular flexibility index (Phi) is 17.5. The number of benzene rings is 4.